The second kappa shape index (κ2) is 6.98. The average Bonchev–Trinajstić information content (AvgIpc) is 3.02. The van der Waals surface area contributed by atoms with Gasteiger partial charge in [-0.2, -0.15) is 0 Å². The van der Waals surface area contributed by atoms with E-state index in [4.69, 9.17) is 0 Å². The van der Waals surface area contributed by atoms with E-state index in [1.165, 1.54) is 25.5 Å². The standard InChI is InChI=1S/C19H26N4O4/c24-15(9-14-10-20-18(27)21-16(14)25)23-8-6-19(12-23)5-2-7-22(17(19)26)11-13-3-1-4-13/h10,13H,1-9,11-12H2,(H2,20,21,25,27). The lowest BCUT2D eigenvalue weighted by atomic mass is 9.77. The lowest BCUT2D eigenvalue weighted by molar-refractivity contribution is -0.147. The number of likely N-dealkylation sites (tertiary alicyclic amines) is 2. The van der Waals surface area contributed by atoms with E-state index in [9.17, 15) is 19.2 Å². The number of hydrogen-bond acceptors (Lipinski definition) is 4. The van der Waals surface area contributed by atoms with Crippen molar-refractivity contribution in [2.24, 2.45) is 11.3 Å². The van der Waals surface area contributed by atoms with Crippen LogP contribution in [0.4, 0.5) is 0 Å². The Morgan fingerprint density at radius 3 is 2.67 bits per heavy atom. The normalized spacial score (nSPS) is 25.9. The number of amides is 2. The van der Waals surface area contributed by atoms with Crippen molar-refractivity contribution in [3.05, 3.63) is 32.6 Å². The van der Waals surface area contributed by atoms with Crippen LogP contribution in [-0.2, 0) is 16.0 Å². The van der Waals surface area contributed by atoms with E-state index in [0.29, 0.717) is 25.4 Å². The van der Waals surface area contributed by atoms with Crippen LogP contribution in [0.2, 0.25) is 0 Å². The quantitative estimate of drug-likeness (QED) is 0.788. The predicted octanol–water partition coefficient (Wildman–Crippen LogP) is 0.247. The zero-order valence-corrected chi connectivity index (χ0v) is 15.5. The zero-order valence-electron chi connectivity index (χ0n) is 15.5. The first-order valence-electron chi connectivity index (χ1n) is 9.85. The van der Waals surface area contributed by atoms with E-state index >= 15 is 0 Å². The molecule has 2 saturated heterocycles. The minimum Gasteiger partial charge on any atom is -0.342 e. The van der Waals surface area contributed by atoms with E-state index < -0.39 is 16.7 Å². The number of piperidine rings is 1. The molecule has 2 N–H and O–H groups in total. The van der Waals surface area contributed by atoms with Crippen molar-refractivity contribution in [3.63, 3.8) is 0 Å². The number of carbonyl (C=O) groups excluding carboxylic acids is 2. The van der Waals surface area contributed by atoms with Gasteiger partial charge in [-0.05, 0) is 38.0 Å². The topological polar surface area (TPSA) is 106 Å². The molecule has 4 rings (SSSR count). The summed E-state index contributed by atoms with van der Waals surface area (Å²) in [7, 11) is 0. The van der Waals surface area contributed by atoms with Crippen molar-refractivity contribution >= 4 is 11.8 Å². The monoisotopic (exact) mass is 374 g/mol. The molecule has 1 atom stereocenters. The molecule has 2 aliphatic heterocycles. The number of H-pyrrole nitrogens is 2. The number of nitrogens with zero attached hydrogens (tertiary/aromatic N) is 2. The van der Waals surface area contributed by atoms with E-state index in [1.54, 1.807) is 4.90 Å². The third-order valence-electron chi connectivity index (χ3n) is 6.47. The van der Waals surface area contributed by atoms with Gasteiger partial charge in [-0.15, -0.1) is 0 Å². The molecule has 1 aromatic heterocycles. The maximum atomic E-state index is 13.1. The molecule has 1 spiro atoms. The lowest BCUT2D eigenvalue weighted by Gasteiger charge is -2.42. The molecule has 3 fully saturated rings. The summed E-state index contributed by atoms with van der Waals surface area (Å²) in [5.41, 5.74) is -1.34. The first kappa shape index (κ1) is 18.0. The molecule has 3 aliphatic rings. The van der Waals surface area contributed by atoms with Crippen molar-refractivity contribution in [1.82, 2.24) is 19.8 Å². The molecular formula is C19H26N4O4. The van der Waals surface area contributed by atoms with Crippen LogP contribution < -0.4 is 11.2 Å². The second-order valence-corrected chi connectivity index (χ2v) is 8.27. The molecule has 3 heterocycles. The van der Waals surface area contributed by atoms with Gasteiger partial charge in [-0.1, -0.05) is 6.42 Å². The summed E-state index contributed by atoms with van der Waals surface area (Å²) in [6.45, 7) is 2.68. The van der Waals surface area contributed by atoms with Crippen LogP contribution in [0.1, 0.15) is 44.1 Å². The number of rotatable bonds is 4. The fourth-order valence-corrected chi connectivity index (χ4v) is 4.62. The first-order valence-corrected chi connectivity index (χ1v) is 9.85. The first-order chi connectivity index (χ1) is 13.0. The second-order valence-electron chi connectivity index (χ2n) is 8.27. The number of carbonyl (C=O) groups is 2. The molecule has 1 unspecified atom stereocenters. The predicted molar refractivity (Wildman–Crippen MR) is 98.2 cm³/mol. The number of nitrogens with one attached hydrogen (secondary N) is 2. The molecule has 0 radical (unpaired) electrons. The Balaban J connectivity index is 1.42. The molecule has 27 heavy (non-hydrogen) atoms. The summed E-state index contributed by atoms with van der Waals surface area (Å²) in [5.74, 6) is 0.682. The third-order valence-corrected chi connectivity index (χ3v) is 6.47. The molecule has 0 aromatic carbocycles. The molecule has 8 heteroatoms. The van der Waals surface area contributed by atoms with Gasteiger partial charge in [0.1, 0.15) is 0 Å². The molecule has 8 nitrogen and oxygen atoms in total. The van der Waals surface area contributed by atoms with Crippen LogP contribution >= 0.6 is 0 Å². The number of aromatic nitrogens is 2. The fraction of sp³-hybridized carbons (Fsp3) is 0.684. The highest BCUT2D eigenvalue weighted by molar-refractivity contribution is 5.86. The van der Waals surface area contributed by atoms with Crippen molar-refractivity contribution in [1.29, 1.82) is 0 Å². The Labute approximate surface area is 156 Å². The summed E-state index contributed by atoms with van der Waals surface area (Å²) in [6, 6.07) is 0. The summed E-state index contributed by atoms with van der Waals surface area (Å²) >= 11 is 0. The molecular weight excluding hydrogens is 348 g/mol. The number of aromatic amines is 2. The van der Waals surface area contributed by atoms with E-state index in [-0.39, 0.29) is 23.8 Å². The van der Waals surface area contributed by atoms with Gasteiger partial charge < -0.3 is 14.8 Å². The highest BCUT2D eigenvalue weighted by atomic mass is 16.2. The van der Waals surface area contributed by atoms with Crippen LogP contribution in [0, 0.1) is 11.3 Å². The maximum absolute atomic E-state index is 13.1. The Morgan fingerprint density at radius 1 is 1.15 bits per heavy atom. The molecule has 1 saturated carbocycles. The molecule has 0 bridgehead atoms. The van der Waals surface area contributed by atoms with Crippen molar-refractivity contribution < 1.29 is 9.59 Å². The summed E-state index contributed by atoms with van der Waals surface area (Å²) in [4.78, 5) is 57.0. The Morgan fingerprint density at radius 2 is 1.96 bits per heavy atom. The number of hydrogen-bond donors (Lipinski definition) is 2. The lowest BCUT2D eigenvalue weighted by Crippen LogP contribution is -2.52. The summed E-state index contributed by atoms with van der Waals surface area (Å²) < 4.78 is 0. The molecule has 2 amide bonds. The average molecular weight is 374 g/mol. The Hall–Kier alpha value is -2.38. The van der Waals surface area contributed by atoms with Gasteiger partial charge in [0.15, 0.2) is 0 Å². The Kier molecular flexibility index (Phi) is 4.65. The highest BCUT2D eigenvalue weighted by Crippen LogP contribution is 2.41. The fourth-order valence-electron chi connectivity index (χ4n) is 4.62. The van der Waals surface area contributed by atoms with Crippen LogP contribution in [0.25, 0.3) is 0 Å². The van der Waals surface area contributed by atoms with Gasteiger partial charge in [0, 0.05) is 37.9 Å². The van der Waals surface area contributed by atoms with Crippen LogP contribution in [0.5, 0.6) is 0 Å². The molecule has 1 aliphatic carbocycles. The van der Waals surface area contributed by atoms with Crippen LogP contribution in [0.15, 0.2) is 15.8 Å². The minimum atomic E-state index is -0.587. The van der Waals surface area contributed by atoms with Crippen LogP contribution in [0.3, 0.4) is 0 Å². The highest BCUT2D eigenvalue weighted by Gasteiger charge is 2.49. The Bertz CT molecular complexity index is 856. The third kappa shape index (κ3) is 3.44. The van der Waals surface area contributed by atoms with Gasteiger partial charge in [-0.3, -0.25) is 19.4 Å². The smallest absolute Gasteiger partial charge is 0.325 e. The van der Waals surface area contributed by atoms with Crippen molar-refractivity contribution in [2.75, 3.05) is 26.2 Å². The maximum Gasteiger partial charge on any atom is 0.325 e. The molecule has 146 valence electrons. The minimum absolute atomic E-state index is 0.0673. The summed E-state index contributed by atoms with van der Waals surface area (Å²) in [6.07, 6.45) is 7.43. The van der Waals surface area contributed by atoms with E-state index in [0.717, 1.165) is 25.9 Å². The van der Waals surface area contributed by atoms with Gasteiger partial charge in [0.25, 0.3) is 5.56 Å². The van der Waals surface area contributed by atoms with Gasteiger partial charge in [0.2, 0.25) is 11.8 Å². The zero-order chi connectivity index (χ0) is 19.0. The molecule has 1 aromatic rings. The largest absolute Gasteiger partial charge is 0.342 e. The van der Waals surface area contributed by atoms with Gasteiger partial charge >= 0.3 is 5.69 Å². The van der Waals surface area contributed by atoms with E-state index in [1.807, 2.05) is 4.90 Å². The van der Waals surface area contributed by atoms with Crippen LogP contribution in [-0.4, -0.2) is 57.8 Å². The van der Waals surface area contributed by atoms with Crippen molar-refractivity contribution in [3.8, 4) is 0 Å². The van der Waals surface area contributed by atoms with E-state index in [2.05, 4.69) is 9.97 Å². The van der Waals surface area contributed by atoms with Crippen molar-refractivity contribution in [2.45, 2.75) is 44.9 Å². The SMILES string of the molecule is O=C(Cc1c[nH]c(=O)[nH]c1=O)N1CCC2(CCCN(CC3CCC3)C2=O)C1. The van der Waals surface area contributed by atoms with Gasteiger partial charge in [0.05, 0.1) is 11.8 Å². The van der Waals surface area contributed by atoms with Gasteiger partial charge in [-0.25, -0.2) is 4.79 Å². The summed E-state index contributed by atoms with van der Waals surface area (Å²) in [5, 5.41) is 0.